The van der Waals surface area contributed by atoms with Crippen molar-refractivity contribution in [3.63, 3.8) is 0 Å². The van der Waals surface area contributed by atoms with Crippen molar-refractivity contribution in [3.8, 4) is 5.88 Å². The minimum Gasteiger partial charge on any atom is -0.481 e. The molecule has 2 rings (SSSR count). The molecule has 0 saturated carbocycles. The van der Waals surface area contributed by atoms with Gasteiger partial charge in [0.2, 0.25) is 5.88 Å². The predicted octanol–water partition coefficient (Wildman–Crippen LogP) is 1.57. The van der Waals surface area contributed by atoms with E-state index in [2.05, 4.69) is 20.3 Å². The summed E-state index contributed by atoms with van der Waals surface area (Å²) in [4.78, 5) is 21.5. The van der Waals surface area contributed by atoms with Crippen molar-refractivity contribution in [1.29, 1.82) is 0 Å². The number of halogens is 1. The summed E-state index contributed by atoms with van der Waals surface area (Å²) in [5.41, 5.74) is 0.261. The Labute approximate surface area is 102 Å². The summed E-state index contributed by atoms with van der Waals surface area (Å²) in [6.45, 7) is 0. The van der Waals surface area contributed by atoms with E-state index in [0.717, 1.165) is 0 Å². The summed E-state index contributed by atoms with van der Waals surface area (Å²) in [7, 11) is 1.53. The van der Waals surface area contributed by atoms with E-state index in [4.69, 9.17) is 16.3 Å². The van der Waals surface area contributed by atoms with Crippen LogP contribution in [0.4, 0.5) is 11.5 Å². The summed E-state index contributed by atoms with van der Waals surface area (Å²) in [6, 6.07) is 3.43. The molecule has 2 heterocycles. The van der Waals surface area contributed by atoms with Crippen LogP contribution in [0.1, 0.15) is 0 Å². The number of aromatic amines is 1. The fourth-order valence-electron chi connectivity index (χ4n) is 1.18. The Balaban J connectivity index is 2.25. The molecule has 0 saturated heterocycles. The fraction of sp³-hybridized carbons (Fsp3) is 0.100. The molecule has 0 spiro atoms. The maximum absolute atomic E-state index is 11.2. The van der Waals surface area contributed by atoms with E-state index < -0.39 is 5.56 Å². The molecule has 0 aromatic carbocycles. The molecule has 0 aliphatic heterocycles. The molecule has 6 nitrogen and oxygen atoms in total. The van der Waals surface area contributed by atoms with E-state index in [1.54, 1.807) is 18.3 Å². The molecule has 0 unspecified atom stereocenters. The maximum Gasteiger partial charge on any atom is 0.271 e. The third kappa shape index (κ3) is 2.54. The Morgan fingerprint density at radius 3 is 2.88 bits per heavy atom. The van der Waals surface area contributed by atoms with E-state index >= 15 is 0 Å². The second-order valence-corrected chi connectivity index (χ2v) is 3.49. The molecule has 0 radical (unpaired) electrons. The van der Waals surface area contributed by atoms with Gasteiger partial charge < -0.3 is 15.0 Å². The number of hydrogen-bond acceptors (Lipinski definition) is 5. The molecule has 0 fully saturated rings. The van der Waals surface area contributed by atoms with Crippen LogP contribution in [0.2, 0.25) is 5.02 Å². The van der Waals surface area contributed by atoms with Gasteiger partial charge in [0.1, 0.15) is 5.02 Å². The Bertz CT molecular complexity index is 567. The van der Waals surface area contributed by atoms with Crippen LogP contribution in [0.5, 0.6) is 5.88 Å². The number of anilines is 2. The number of ether oxygens (including phenoxy) is 1. The summed E-state index contributed by atoms with van der Waals surface area (Å²) < 4.78 is 4.93. The Morgan fingerprint density at radius 2 is 2.24 bits per heavy atom. The Morgan fingerprint density at radius 1 is 1.41 bits per heavy atom. The van der Waals surface area contributed by atoms with E-state index in [1.165, 1.54) is 13.4 Å². The molecule has 0 aliphatic rings. The number of methoxy groups -OCH3 is 1. The van der Waals surface area contributed by atoms with Gasteiger partial charge in [-0.2, -0.15) is 0 Å². The summed E-state index contributed by atoms with van der Waals surface area (Å²) in [5.74, 6) is 0.780. The Kier molecular flexibility index (Phi) is 3.24. The van der Waals surface area contributed by atoms with Crippen molar-refractivity contribution in [3.05, 3.63) is 40.0 Å². The third-order valence-corrected chi connectivity index (χ3v) is 2.36. The zero-order chi connectivity index (χ0) is 12.3. The van der Waals surface area contributed by atoms with E-state index in [0.29, 0.717) is 11.6 Å². The molecule has 88 valence electrons. The first kappa shape index (κ1) is 11.4. The monoisotopic (exact) mass is 252 g/mol. The second kappa shape index (κ2) is 4.84. The van der Waals surface area contributed by atoms with Gasteiger partial charge in [0.15, 0.2) is 5.82 Å². The fourth-order valence-corrected chi connectivity index (χ4v) is 1.33. The standard InChI is InChI=1S/C10H9ClN4O2/c1-17-7-3-2-6(4-12-7)15-9-8(11)10(16)14-5-13-9/h2-5H,1H3,(H2,13,14,15,16). The quantitative estimate of drug-likeness (QED) is 0.867. The van der Waals surface area contributed by atoms with Gasteiger partial charge in [0.25, 0.3) is 5.56 Å². The van der Waals surface area contributed by atoms with Gasteiger partial charge in [0, 0.05) is 6.07 Å². The molecule has 7 heteroatoms. The maximum atomic E-state index is 11.2. The molecule has 0 bridgehead atoms. The molecular formula is C10H9ClN4O2. The van der Waals surface area contributed by atoms with Crippen molar-refractivity contribution < 1.29 is 4.74 Å². The largest absolute Gasteiger partial charge is 0.481 e. The SMILES string of the molecule is COc1ccc(Nc2nc[nH]c(=O)c2Cl)cn1. The van der Waals surface area contributed by atoms with Gasteiger partial charge in [-0.05, 0) is 6.07 Å². The third-order valence-electron chi connectivity index (χ3n) is 2.00. The lowest BCUT2D eigenvalue weighted by atomic mass is 10.4. The lowest BCUT2D eigenvalue weighted by molar-refractivity contribution is 0.398. The number of pyridine rings is 1. The van der Waals surface area contributed by atoms with E-state index in [-0.39, 0.29) is 10.8 Å². The highest BCUT2D eigenvalue weighted by atomic mass is 35.5. The highest BCUT2D eigenvalue weighted by Crippen LogP contribution is 2.19. The van der Waals surface area contributed by atoms with Gasteiger partial charge in [-0.25, -0.2) is 9.97 Å². The molecular weight excluding hydrogens is 244 g/mol. The summed E-state index contributed by atoms with van der Waals surface area (Å²) >= 11 is 5.79. The minimum atomic E-state index is -0.398. The van der Waals surface area contributed by atoms with Crippen molar-refractivity contribution in [2.75, 3.05) is 12.4 Å². The minimum absolute atomic E-state index is 0.00307. The molecule has 0 aliphatic carbocycles. The molecule has 2 N–H and O–H groups in total. The van der Waals surface area contributed by atoms with Gasteiger partial charge in [-0.3, -0.25) is 4.79 Å². The van der Waals surface area contributed by atoms with E-state index in [1.807, 2.05) is 0 Å². The first-order valence-electron chi connectivity index (χ1n) is 4.71. The van der Waals surface area contributed by atoms with Gasteiger partial charge in [-0.1, -0.05) is 11.6 Å². The van der Waals surface area contributed by atoms with Crippen LogP contribution < -0.4 is 15.6 Å². The average Bonchev–Trinajstić information content (AvgIpc) is 2.36. The summed E-state index contributed by atoms with van der Waals surface area (Å²) in [6.07, 6.45) is 2.82. The first-order valence-corrected chi connectivity index (χ1v) is 5.09. The topological polar surface area (TPSA) is 79.9 Å². The number of hydrogen-bond donors (Lipinski definition) is 2. The van der Waals surface area contributed by atoms with Gasteiger partial charge >= 0.3 is 0 Å². The van der Waals surface area contributed by atoms with Gasteiger partial charge in [0.05, 0.1) is 25.3 Å². The van der Waals surface area contributed by atoms with Gasteiger partial charge in [-0.15, -0.1) is 0 Å². The highest BCUT2D eigenvalue weighted by molar-refractivity contribution is 6.32. The number of aromatic nitrogens is 3. The molecule has 17 heavy (non-hydrogen) atoms. The lowest BCUT2D eigenvalue weighted by Gasteiger charge is -2.06. The lowest BCUT2D eigenvalue weighted by Crippen LogP contribution is -2.09. The summed E-state index contributed by atoms with van der Waals surface area (Å²) in [5, 5.41) is 2.89. The number of nitrogens with one attached hydrogen (secondary N) is 2. The van der Waals surface area contributed by atoms with Crippen LogP contribution in [-0.4, -0.2) is 22.1 Å². The smallest absolute Gasteiger partial charge is 0.271 e. The van der Waals surface area contributed by atoms with Crippen LogP contribution in [-0.2, 0) is 0 Å². The number of nitrogens with zero attached hydrogens (tertiary/aromatic N) is 2. The normalized spacial score (nSPS) is 10.0. The first-order chi connectivity index (χ1) is 8.20. The average molecular weight is 253 g/mol. The van der Waals surface area contributed by atoms with E-state index in [9.17, 15) is 4.79 Å². The van der Waals surface area contributed by atoms with Crippen molar-refractivity contribution >= 4 is 23.1 Å². The molecule has 2 aromatic heterocycles. The molecule has 2 aromatic rings. The zero-order valence-electron chi connectivity index (χ0n) is 8.90. The van der Waals surface area contributed by atoms with Crippen LogP contribution in [0.3, 0.4) is 0 Å². The second-order valence-electron chi connectivity index (χ2n) is 3.11. The van der Waals surface area contributed by atoms with Crippen LogP contribution in [0.25, 0.3) is 0 Å². The molecule has 0 amide bonds. The van der Waals surface area contributed by atoms with Crippen LogP contribution in [0.15, 0.2) is 29.5 Å². The van der Waals surface area contributed by atoms with Crippen molar-refractivity contribution in [2.24, 2.45) is 0 Å². The predicted molar refractivity (Wildman–Crippen MR) is 63.9 cm³/mol. The van der Waals surface area contributed by atoms with Crippen LogP contribution in [0, 0.1) is 0 Å². The van der Waals surface area contributed by atoms with Crippen molar-refractivity contribution in [1.82, 2.24) is 15.0 Å². The number of rotatable bonds is 3. The zero-order valence-corrected chi connectivity index (χ0v) is 9.65. The van der Waals surface area contributed by atoms with Crippen LogP contribution >= 0.6 is 11.6 Å². The number of H-pyrrole nitrogens is 1. The van der Waals surface area contributed by atoms with Crippen molar-refractivity contribution in [2.45, 2.75) is 0 Å². The highest BCUT2D eigenvalue weighted by Gasteiger charge is 2.05. The molecule has 0 atom stereocenters. The Hall–Kier alpha value is -2.08.